The number of thiazole rings is 1. The van der Waals surface area contributed by atoms with E-state index in [0.29, 0.717) is 6.61 Å². The molecule has 118 valence electrons. The van der Waals surface area contributed by atoms with E-state index in [9.17, 15) is 10.1 Å². The highest BCUT2D eigenvalue weighted by atomic mass is 32.2. The van der Waals surface area contributed by atoms with E-state index in [0.717, 1.165) is 26.1 Å². The van der Waals surface area contributed by atoms with Gasteiger partial charge in [0, 0.05) is 17.9 Å². The standard InChI is InChI=1S/C16H14N2O3S2/c1-11-3-2-4-13(9-11)21-7-8-22-16-17-14-6-5-12(18(19)20)10-15(14)23-16/h2-6,9-10H,7-8H2,1H3. The molecule has 0 bridgehead atoms. The van der Waals surface area contributed by atoms with Crippen LogP contribution in [0.1, 0.15) is 5.56 Å². The number of fused-ring (bicyclic) bond motifs is 1. The second-order valence-electron chi connectivity index (χ2n) is 4.90. The molecular formula is C16H14N2O3S2. The number of nitro groups is 1. The number of thioether (sulfide) groups is 1. The van der Waals surface area contributed by atoms with Gasteiger partial charge in [0.1, 0.15) is 5.75 Å². The molecule has 0 amide bonds. The Balaban J connectivity index is 1.58. The van der Waals surface area contributed by atoms with Gasteiger partial charge in [0.25, 0.3) is 5.69 Å². The minimum atomic E-state index is -0.387. The Kier molecular flexibility index (Phi) is 4.78. The molecule has 3 aromatic rings. The second kappa shape index (κ2) is 6.97. The van der Waals surface area contributed by atoms with Gasteiger partial charge in [0.15, 0.2) is 4.34 Å². The van der Waals surface area contributed by atoms with Gasteiger partial charge < -0.3 is 4.74 Å². The van der Waals surface area contributed by atoms with E-state index in [1.165, 1.54) is 23.0 Å². The minimum Gasteiger partial charge on any atom is -0.493 e. The summed E-state index contributed by atoms with van der Waals surface area (Å²) in [4.78, 5) is 14.9. The highest BCUT2D eigenvalue weighted by molar-refractivity contribution is 8.01. The molecule has 2 aromatic carbocycles. The molecule has 0 aliphatic carbocycles. The molecule has 0 unspecified atom stereocenters. The molecule has 7 heteroatoms. The summed E-state index contributed by atoms with van der Waals surface area (Å²) in [6.45, 7) is 2.62. The van der Waals surface area contributed by atoms with Crippen LogP contribution in [0, 0.1) is 17.0 Å². The maximum absolute atomic E-state index is 10.8. The molecule has 0 aliphatic rings. The van der Waals surface area contributed by atoms with Gasteiger partial charge in [-0.1, -0.05) is 23.9 Å². The predicted molar refractivity (Wildman–Crippen MR) is 93.7 cm³/mol. The lowest BCUT2D eigenvalue weighted by molar-refractivity contribution is -0.384. The van der Waals surface area contributed by atoms with Gasteiger partial charge in [0.05, 0.1) is 21.7 Å². The van der Waals surface area contributed by atoms with Crippen molar-refractivity contribution in [3.8, 4) is 5.75 Å². The largest absolute Gasteiger partial charge is 0.493 e. The van der Waals surface area contributed by atoms with Crippen LogP contribution < -0.4 is 4.74 Å². The average molecular weight is 346 g/mol. The third kappa shape index (κ3) is 4.00. The fourth-order valence-electron chi connectivity index (χ4n) is 2.06. The Hall–Kier alpha value is -2.12. The SMILES string of the molecule is Cc1cccc(OCCSc2nc3ccc([N+](=O)[O-])cc3s2)c1. The normalized spacial score (nSPS) is 10.8. The maximum atomic E-state index is 10.8. The second-order valence-corrected chi connectivity index (χ2v) is 7.28. The van der Waals surface area contributed by atoms with Gasteiger partial charge >= 0.3 is 0 Å². The molecule has 0 aliphatic heterocycles. The first-order valence-electron chi connectivity index (χ1n) is 6.99. The average Bonchev–Trinajstić information content (AvgIpc) is 2.93. The Labute approximate surface area is 141 Å². The summed E-state index contributed by atoms with van der Waals surface area (Å²) >= 11 is 3.07. The number of hydrogen-bond donors (Lipinski definition) is 0. The third-order valence-corrected chi connectivity index (χ3v) is 5.26. The number of non-ortho nitro benzene ring substituents is 1. The molecule has 0 atom stereocenters. The van der Waals surface area contributed by atoms with E-state index >= 15 is 0 Å². The monoisotopic (exact) mass is 346 g/mol. The molecular weight excluding hydrogens is 332 g/mol. The highest BCUT2D eigenvalue weighted by Crippen LogP contribution is 2.31. The summed E-state index contributed by atoms with van der Waals surface area (Å²) < 4.78 is 7.43. The summed E-state index contributed by atoms with van der Waals surface area (Å²) in [5.41, 5.74) is 2.06. The number of aryl methyl sites for hydroxylation is 1. The van der Waals surface area contributed by atoms with Crippen molar-refractivity contribution >= 4 is 39.0 Å². The summed E-state index contributed by atoms with van der Waals surface area (Å²) in [6.07, 6.45) is 0. The number of nitro benzene ring substituents is 1. The lowest BCUT2D eigenvalue weighted by Crippen LogP contribution is -1.99. The van der Waals surface area contributed by atoms with Crippen LogP contribution in [0.5, 0.6) is 5.75 Å². The predicted octanol–water partition coefficient (Wildman–Crippen LogP) is 4.68. The van der Waals surface area contributed by atoms with Crippen LogP contribution >= 0.6 is 23.1 Å². The quantitative estimate of drug-likeness (QED) is 0.280. The van der Waals surface area contributed by atoms with Crippen molar-refractivity contribution in [1.82, 2.24) is 4.98 Å². The fourth-order valence-corrected chi connectivity index (χ4v) is 4.05. The Morgan fingerprint density at radius 3 is 2.96 bits per heavy atom. The van der Waals surface area contributed by atoms with Crippen molar-refractivity contribution in [1.29, 1.82) is 0 Å². The lowest BCUT2D eigenvalue weighted by Gasteiger charge is -2.05. The zero-order chi connectivity index (χ0) is 16.2. The van der Waals surface area contributed by atoms with Crippen LogP contribution in [0.2, 0.25) is 0 Å². The third-order valence-electron chi connectivity index (χ3n) is 3.13. The molecule has 0 fully saturated rings. The van der Waals surface area contributed by atoms with Crippen molar-refractivity contribution in [3.63, 3.8) is 0 Å². The summed E-state index contributed by atoms with van der Waals surface area (Å²) in [5.74, 6) is 1.64. The van der Waals surface area contributed by atoms with Crippen molar-refractivity contribution in [2.24, 2.45) is 0 Å². The van der Waals surface area contributed by atoms with E-state index in [4.69, 9.17) is 4.74 Å². The molecule has 1 heterocycles. The number of rotatable bonds is 6. The Bertz CT molecular complexity index is 848. The van der Waals surface area contributed by atoms with Gasteiger partial charge in [-0.3, -0.25) is 10.1 Å². The highest BCUT2D eigenvalue weighted by Gasteiger charge is 2.10. The van der Waals surface area contributed by atoms with Gasteiger partial charge in [0.2, 0.25) is 0 Å². The summed E-state index contributed by atoms with van der Waals surface area (Å²) in [6, 6.07) is 12.7. The Morgan fingerprint density at radius 2 is 2.17 bits per heavy atom. The number of nitrogens with zero attached hydrogens (tertiary/aromatic N) is 2. The van der Waals surface area contributed by atoms with Gasteiger partial charge in [-0.05, 0) is 30.7 Å². The van der Waals surface area contributed by atoms with Gasteiger partial charge in [-0.2, -0.15) is 0 Å². The topological polar surface area (TPSA) is 65.3 Å². The van der Waals surface area contributed by atoms with Crippen molar-refractivity contribution in [2.45, 2.75) is 11.3 Å². The lowest BCUT2D eigenvalue weighted by atomic mass is 10.2. The molecule has 0 radical (unpaired) electrons. The molecule has 0 N–H and O–H groups in total. The van der Waals surface area contributed by atoms with E-state index in [1.54, 1.807) is 23.9 Å². The first kappa shape index (κ1) is 15.8. The van der Waals surface area contributed by atoms with Crippen LogP contribution in [0.15, 0.2) is 46.8 Å². The number of ether oxygens (including phenoxy) is 1. The molecule has 0 saturated carbocycles. The van der Waals surface area contributed by atoms with Crippen LogP contribution in [0.25, 0.3) is 10.2 Å². The molecule has 0 spiro atoms. The number of aromatic nitrogens is 1. The minimum absolute atomic E-state index is 0.0977. The van der Waals surface area contributed by atoms with E-state index < -0.39 is 0 Å². The first-order chi connectivity index (χ1) is 11.1. The van der Waals surface area contributed by atoms with E-state index in [2.05, 4.69) is 4.98 Å². The first-order valence-corrected chi connectivity index (χ1v) is 8.79. The molecule has 3 rings (SSSR count). The Morgan fingerprint density at radius 1 is 1.30 bits per heavy atom. The zero-order valence-electron chi connectivity index (χ0n) is 12.4. The van der Waals surface area contributed by atoms with Crippen LogP contribution in [0.3, 0.4) is 0 Å². The maximum Gasteiger partial charge on any atom is 0.270 e. The van der Waals surface area contributed by atoms with Crippen molar-refractivity contribution in [2.75, 3.05) is 12.4 Å². The van der Waals surface area contributed by atoms with Crippen LogP contribution in [-0.2, 0) is 0 Å². The van der Waals surface area contributed by atoms with E-state index in [1.807, 2.05) is 31.2 Å². The van der Waals surface area contributed by atoms with Crippen LogP contribution in [-0.4, -0.2) is 22.3 Å². The summed E-state index contributed by atoms with van der Waals surface area (Å²) in [5, 5.41) is 10.8. The van der Waals surface area contributed by atoms with Crippen molar-refractivity contribution in [3.05, 3.63) is 58.1 Å². The molecule has 1 aromatic heterocycles. The van der Waals surface area contributed by atoms with Gasteiger partial charge in [-0.15, -0.1) is 11.3 Å². The summed E-state index contributed by atoms with van der Waals surface area (Å²) in [7, 11) is 0. The molecule has 5 nitrogen and oxygen atoms in total. The number of hydrogen-bond acceptors (Lipinski definition) is 6. The van der Waals surface area contributed by atoms with Crippen molar-refractivity contribution < 1.29 is 9.66 Å². The zero-order valence-corrected chi connectivity index (χ0v) is 14.0. The van der Waals surface area contributed by atoms with Crippen LogP contribution in [0.4, 0.5) is 5.69 Å². The smallest absolute Gasteiger partial charge is 0.270 e. The van der Waals surface area contributed by atoms with Gasteiger partial charge in [-0.25, -0.2) is 4.98 Å². The fraction of sp³-hybridized carbons (Fsp3) is 0.188. The molecule has 23 heavy (non-hydrogen) atoms. The van der Waals surface area contributed by atoms with E-state index in [-0.39, 0.29) is 10.6 Å². The molecule has 0 saturated heterocycles. The number of benzene rings is 2.